The van der Waals surface area contributed by atoms with Crippen LogP contribution < -0.4 is 4.74 Å². The lowest BCUT2D eigenvalue weighted by atomic mass is 10.5. The molecule has 0 unspecified atom stereocenters. The lowest BCUT2D eigenvalue weighted by Gasteiger charge is -2.01. The van der Waals surface area contributed by atoms with Crippen LogP contribution in [-0.2, 0) is 0 Å². The first-order chi connectivity index (χ1) is 4.84. The Kier molecular flexibility index (Phi) is 2.68. The topological polar surface area (TPSA) is 22.1 Å². The van der Waals surface area contributed by atoms with Crippen molar-refractivity contribution >= 4 is 15.9 Å². The number of aromatic nitrogens is 1. The van der Waals surface area contributed by atoms with Crippen molar-refractivity contribution in [2.24, 2.45) is 0 Å². The van der Waals surface area contributed by atoms with Crippen LogP contribution in [0.2, 0.25) is 0 Å². The fraction of sp³-hybridized carbons (Fsp3) is 0.286. The second kappa shape index (κ2) is 3.56. The Labute approximate surface area is 68.4 Å². The molecule has 1 radical (unpaired) electrons. The van der Waals surface area contributed by atoms with Gasteiger partial charge >= 0.3 is 0 Å². The van der Waals surface area contributed by atoms with E-state index in [2.05, 4.69) is 27.0 Å². The number of ether oxygens (including phenoxy) is 1. The molecule has 0 N–H and O–H groups in total. The van der Waals surface area contributed by atoms with Gasteiger partial charge in [-0.15, -0.1) is 0 Å². The Morgan fingerprint density at radius 1 is 1.80 bits per heavy atom. The van der Waals surface area contributed by atoms with E-state index >= 15 is 0 Å². The fourth-order valence-electron chi connectivity index (χ4n) is 0.587. The average molecular weight is 201 g/mol. The summed E-state index contributed by atoms with van der Waals surface area (Å²) in [4.78, 5) is 3.93. The van der Waals surface area contributed by atoms with Crippen LogP contribution in [0.25, 0.3) is 0 Å². The minimum absolute atomic E-state index is 0.651. The number of hydrogen-bond acceptors (Lipinski definition) is 2. The first-order valence-electron chi connectivity index (χ1n) is 2.99. The average Bonchev–Trinajstić information content (AvgIpc) is 1.94. The number of pyridine rings is 1. The van der Waals surface area contributed by atoms with Crippen LogP contribution >= 0.6 is 15.9 Å². The first kappa shape index (κ1) is 7.54. The van der Waals surface area contributed by atoms with Gasteiger partial charge in [-0.2, -0.15) is 0 Å². The Bertz CT molecular complexity index is 215. The molecule has 1 rings (SSSR count). The third-order valence-electron chi connectivity index (χ3n) is 0.970. The summed E-state index contributed by atoms with van der Waals surface area (Å²) in [6, 6.07) is 4.57. The molecule has 0 fully saturated rings. The van der Waals surface area contributed by atoms with E-state index in [1.165, 1.54) is 0 Å². The van der Waals surface area contributed by atoms with Gasteiger partial charge in [0.2, 0.25) is 0 Å². The highest BCUT2D eigenvalue weighted by atomic mass is 79.9. The molecule has 0 spiro atoms. The SMILES string of the molecule is CCOc1c[c]cnc1Br. The summed E-state index contributed by atoms with van der Waals surface area (Å²) < 4.78 is 5.93. The molecule has 0 amide bonds. The molecule has 0 atom stereocenters. The van der Waals surface area contributed by atoms with Gasteiger partial charge in [0.1, 0.15) is 4.60 Å². The van der Waals surface area contributed by atoms with Crippen LogP contribution in [0.3, 0.4) is 0 Å². The Balaban J connectivity index is 2.81. The highest BCUT2D eigenvalue weighted by Crippen LogP contribution is 2.20. The predicted octanol–water partition coefficient (Wildman–Crippen LogP) is 2.04. The molecule has 53 valence electrons. The molecular formula is C7H7BrNO. The summed E-state index contributed by atoms with van der Waals surface area (Å²) in [7, 11) is 0. The van der Waals surface area contributed by atoms with Gasteiger partial charge in [0, 0.05) is 12.3 Å². The Morgan fingerprint density at radius 3 is 3.20 bits per heavy atom. The lowest BCUT2D eigenvalue weighted by Crippen LogP contribution is -1.92. The molecule has 0 aromatic carbocycles. The van der Waals surface area contributed by atoms with Crippen molar-refractivity contribution in [2.75, 3.05) is 6.61 Å². The van der Waals surface area contributed by atoms with Crippen LogP contribution in [0.4, 0.5) is 0 Å². The van der Waals surface area contributed by atoms with E-state index in [1.807, 2.05) is 6.92 Å². The van der Waals surface area contributed by atoms with Crippen molar-refractivity contribution in [3.8, 4) is 5.75 Å². The molecule has 0 bridgehead atoms. The maximum absolute atomic E-state index is 5.20. The van der Waals surface area contributed by atoms with Crippen molar-refractivity contribution in [2.45, 2.75) is 6.92 Å². The van der Waals surface area contributed by atoms with E-state index < -0.39 is 0 Å². The molecule has 1 aromatic heterocycles. The second-order valence-electron chi connectivity index (χ2n) is 1.66. The van der Waals surface area contributed by atoms with Crippen molar-refractivity contribution in [1.29, 1.82) is 0 Å². The maximum Gasteiger partial charge on any atom is 0.152 e. The summed E-state index contributed by atoms with van der Waals surface area (Å²) in [5.41, 5.74) is 0. The zero-order valence-corrected chi connectivity index (χ0v) is 7.18. The van der Waals surface area contributed by atoms with Crippen LogP contribution in [0.5, 0.6) is 5.75 Å². The molecule has 0 saturated carbocycles. The maximum atomic E-state index is 5.20. The van der Waals surface area contributed by atoms with Crippen molar-refractivity contribution < 1.29 is 4.74 Å². The van der Waals surface area contributed by atoms with E-state index in [-0.39, 0.29) is 0 Å². The van der Waals surface area contributed by atoms with Gasteiger partial charge in [0.25, 0.3) is 0 Å². The summed E-state index contributed by atoms with van der Waals surface area (Å²) in [5, 5.41) is 0. The van der Waals surface area contributed by atoms with Crippen molar-refractivity contribution in [3.63, 3.8) is 0 Å². The van der Waals surface area contributed by atoms with Crippen molar-refractivity contribution in [3.05, 3.63) is 22.9 Å². The number of halogens is 1. The monoisotopic (exact) mass is 200 g/mol. The number of rotatable bonds is 2. The van der Waals surface area contributed by atoms with Gasteiger partial charge in [-0.25, -0.2) is 4.98 Å². The first-order valence-corrected chi connectivity index (χ1v) is 3.78. The summed E-state index contributed by atoms with van der Waals surface area (Å²) in [6.45, 7) is 2.58. The van der Waals surface area contributed by atoms with Gasteiger partial charge in [0.05, 0.1) is 6.61 Å². The molecular weight excluding hydrogens is 194 g/mol. The molecule has 2 nitrogen and oxygen atoms in total. The molecule has 0 aliphatic rings. The minimum atomic E-state index is 0.651. The van der Waals surface area contributed by atoms with Crippen LogP contribution in [-0.4, -0.2) is 11.6 Å². The van der Waals surface area contributed by atoms with E-state index in [1.54, 1.807) is 12.3 Å². The lowest BCUT2D eigenvalue weighted by molar-refractivity contribution is 0.336. The van der Waals surface area contributed by atoms with E-state index in [0.29, 0.717) is 6.61 Å². The van der Waals surface area contributed by atoms with Crippen LogP contribution in [0, 0.1) is 6.07 Å². The normalized spacial score (nSPS) is 9.40. The standard InChI is InChI=1S/C7H7BrNO/c1-2-10-6-4-3-5-9-7(6)8/h4-5H,2H2,1H3. The van der Waals surface area contributed by atoms with Gasteiger partial charge in [0.15, 0.2) is 5.75 Å². The van der Waals surface area contributed by atoms with Gasteiger partial charge in [-0.3, -0.25) is 0 Å². The molecule has 3 heteroatoms. The summed E-state index contributed by atoms with van der Waals surface area (Å²) >= 11 is 3.24. The molecule has 10 heavy (non-hydrogen) atoms. The molecule has 1 heterocycles. The zero-order chi connectivity index (χ0) is 7.40. The van der Waals surface area contributed by atoms with Gasteiger partial charge in [-0.1, -0.05) is 0 Å². The summed E-state index contributed by atoms with van der Waals surface area (Å²) in [6.07, 6.45) is 1.59. The Hall–Kier alpha value is -0.570. The van der Waals surface area contributed by atoms with Crippen molar-refractivity contribution in [1.82, 2.24) is 4.98 Å². The summed E-state index contributed by atoms with van der Waals surface area (Å²) in [5.74, 6) is 0.741. The highest BCUT2D eigenvalue weighted by Gasteiger charge is 1.97. The quantitative estimate of drug-likeness (QED) is 0.683. The van der Waals surface area contributed by atoms with E-state index in [9.17, 15) is 0 Å². The van der Waals surface area contributed by atoms with E-state index in [4.69, 9.17) is 4.74 Å². The third kappa shape index (κ3) is 1.70. The third-order valence-corrected chi connectivity index (χ3v) is 1.57. The molecule has 1 aromatic rings. The molecule has 0 aliphatic carbocycles. The van der Waals surface area contributed by atoms with Gasteiger partial charge < -0.3 is 4.74 Å². The van der Waals surface area contributed by atoms with Crippen LogP contribution in [0.15, 0.2) is 16.9 Å². The largest absolute Gasteiger partial charge is 0.491 e. The predicted molar refractivity (Wildman–Crippen MR) is 41.9 cm³/mol. The highest BCUT2D eigenvalue weighted by molar-refractivity contribution is 9.10. The number of hydrogen-bond donors (Lipinski definition) is 0. The van der Waals surface area contributed by atoms with E-state index in [0.717, 1.165) is 10.4 Å². The van der Waals surface area contributed by atoms with Crippen LogP contribution in [0.1, 0.15) is 6.92 Å². The second-order valence-corrected chi connectivity index (χ2v) is 2.41. The Morgan fingerprint density at radius 2 is 2.60 bits per heavy atom. The van der Waals surface area contributed by atoms with Gasteiger partial charge in [-0.05, 0) is 28.9 Å². The molecule has 0 aliphatic heterocycles. The zero-order valence-electron chi connectivity index (χ0n) is 5.60. The fourth-order valence-corrected chi connectivity index (χ4v) is 0.918. The smallest absolute Gasteiger partial charge is 0.152 e. The minimum Gasteiger partial charge on any atom is -0.491 e. The molecule has 0 saturated heterocycles. The number of nitrogens with zero attached hydrogens (tertiary/aromatic N) is 1.